The van der Waals surface area contributed by atoms with Gasteiger partial charge in [-0.2, -0.15) is 0 Å². The van der Waals surface area contributed by atoms with Crippen LogP contribution in [-0.4, -0.2) is 9.67 Å². The fourth-order valence-electron chi connectivity index (χ4n) is 4.86. The number of thiazole rings is 1. The van der Waals surface area contributed by atoms with Crippen molar-refractivity contribution in [3.63, 3.8) is 0 Å². The van der Waals surface area contributed by atoms with Gasteiger partial charge >= 0.3 is 0 Å². The smallest absolute Gasteiger partial charge is 0.271 e. The number of aromatic nitrogens is 1. The first-order valence-corrected chi connectivity index (χ1v) is 13.4. The second-order valence-corrected chi connectivity index (χ2v) is 11.3. The van der Waals surface area contributed by atoms with Gasteiger partial charge in [-0.25, -0.2) is 4.99 Å². The number of halogens is 4. The third kappa shape index (κ3) is 3.90. The van der Waals surface area contributed by atoms with E-state index in [1.165, 1.54) is 23.0 Å². The normalized spacial score (nSPS) is 16.9. The number of hydrogen-bond acceptors (Lipinski definition) is 4. The van der Waals surface area contributed by atoms with Gasteiger partial charge in [0.15, 0.2) is 4.80 Å². The number of aryl methyl sites for hydroxylation is 1. The van der Waals surface area contributed by atoms with E-state index >= 15 is 0 Å². The zero-order chi connectivity index (χ0) is 25.1. The van der Waals surface area contributed by atoms with E-state index in [-0.39, 0.29) is 16.3 Å². The van der Waals surface area contributed by atoms with E-state index < -0.39 is 6.04 Å². The molecule has 1 aliphatic carbocycles. The molecule has 0 radical (unpaired) electrons. The summed E-state index contributed by atoms with van der Waals surface area (Å²) in [6.07, 6.45) is 3.17. The van der Waals surface area contributed by atoms with Crippen LogP contribution in [0.2, 0.25) is 20.1 Å². The standard InChI is InChI=1S/C27H16Cl4N2O2S/c28-15-6-8-18(20(30)11-15)24-19-7-5-13-3-1-2-4-17(13)23(19)32-27-33(24)26(35)22(36-27)10-14-9-16(29)12-21(31)25(14)34/h1-4,6,8-12,24,34H,5,7H2. The fourth-order valence-corrected chi connectivity index (χ4v) is 6.87. The Morgan fingerprint density at radius 2 is 1.75 bits per heavy atom. The maximum Gasteiger partial charge on any atom is 0.271 e. The maximum atomic E-state index is 13.8. The number of allylic oxidation sites excluding steroid dienone is 1. The Bertz CT molecular complexity index is 1790. The Hall–Kier alpha value is -2.54. The Morgan fingerprint density at radius 3 is 2.56 bits per heavy atom. The van der Waals surface area contributed by atoms with Crippen LogP contribution < -0.4 is 14.9 Å². The van der Waals surface area contributed by atoms with Crippen molar-refractivity contribution < 1.29 is 5.11 Å². The van der Waals surface area contributed by atoms with Gasteiger partial charge in [-0.1, -0.05) is 88.1 Å². The van der Waals surface area contributed by atoms with Crippen LogP contribution in [0.1, 0.15) is 34.7 Å². The molecule has 0 amide bonds. The van der Waals surface area contributed by atoms with Crippen LogP contribution in [0.3, 0.4) is 0 Å². The van der Waals surface area contributed by atoms with Crippen LogP contribution in [0.4, 0.5) is 0 Å². The molecule has 36 heavy (non-hydrogen) atoms. The van der Waals surface area contributed by atoms with Crippen LogP contribution in [0.25, 0.3) is 11.8 Å². The van der Waals surface area contributed by atoms with E-state index in [9.17, 15) is 9.90 Å². The number of phenolic OH excluding ortho intramolecular Hbond substituents is 1. The molecule has 4 aromatic rings. The van der Waals surface area contributed by atoms with E-state index in [0.717, 1.165) is 35.2 Å². The Balaban J connectivity index is 1.66. The average Bonchev–Trinajstić information content (AvgIpc) is 3.16. The number of fused-ring (bicyclic) bond motifs is 3. The first-order valence-electron chi connectivity index (χ1n) is 11.1. The third-order valence-corrected chi connectivity index (χ3v) is 8.53. The van der Waals surface area contributed by atoms with Crippen molar-refractivity contribution in [3.8, 4) is 5.75 Å². The van der Waals surface area contributed by atoms with Crippen LogP contribution >= 0.6 is 57.7 Å². The molecule has 9 heteroatoms. The molecule has 4 nitrogen and oxygen atoms in total. The van der Waals surface area contributed by atoms with Gasteiger partial charge < -0.3 is 5.11 Å². The van der Waals surface area contributed by atoms with Crippen LogP contribution in [0.5, 0.6) is 5.75 Å². The quantitative estimate of drug-likeness (QED) is 0.292. The summed E-state index contributed by atoms with van der Waals surface area (Å²) in [5.74, 6) is -0.141. The van der Waals surface area contributed by atoms with E-state index in [1.54, 1.807) is 28.8 Å². The summed E-state index contributed by atoms with van der Waals surface area (Å²) in [5.41, 5.74) is 5.08. The zero-order valence-corrected chi connectivity index (χ0v) is 22.3. The third-order valence-electron chi connectivity index (χ3n) is 6.47. The van der Waals surface area contributed by atoms with E-state index in [4.69, 9.17) is 51.4 Å². The van der Waals surface area contributed by atoms with Gasteiger partial charge in [0.25, 0.3) is 5.56 Å². The first kappa shape index (κ1) is 23.8. The molecule has 1 aliphatic heterocycles. The number of aromatic hydroxyl groups is 1. The second-order valence-electron chi connectivity index (χ2n) is 8.60. The molecule has 2 aliphatic rings. The highest BCUT2D eigenvalue weighted by Gasteiger charge is 2.33. The minimum absolute atomic E-state index is 0.111. The molecule has 0 fully saturated rings. The molecule has 0 saturated carbocycles. The number of nitrogens with zero attached hydrogens (tertiary/aromatic N) is 2. The monoisotopic (exact) mass is 572 g/mol. The topological polar surface area (TPSA) is 54.6 Å². The van der Waals surface area contributed by atoms with Crippen molar-refractivity contribution in [1.82, 2.24) is 4.57 Å². The summed E-state index contributed by atoms with van der Waals surface area (Å²) >= 11 is 26.4. The summed E-state index contributed by atoms with van der Waals surface area (Å²) in [6, 6.07) is 16.1. The number of hydrogen-bond donors (Lipinski definition) is 1. The van der Waals surface area contributed by atoms with Crippen molar-refractivity contribution in [2.75, 3.05) is 0 Å². The summed E-state index contributed by atoms with van der Waals surface area (Å²) < 4.78 is 2.08. The maximum absolute atomic E-state index is 13.8. The van der Waals surface area contributed by atoms with Crippen molar-refractivity contribution in [2.24, 2.45) is 4.99 Å². The number of benzene rings is 3. The molecule has 3 aromatic carbocycles. The molecule has 1 N–H and O–H groups in total. The lowest BCUT2D eigenvalue weighted by molar-refractivity contribution is 0.474. The number of phenols is 1. The highest BCUT2D eigenvalue weighted by molar-refractivity contribution is 7.07. The highest BCUT2D eigenvalue weighted by Crippen LogP contribution is 2.43. The molecule has 1 unspecified atom stereocenters. The lowest BCUT2D eigenvalue weighted by atomic mass is 9.83. The molecule has 0 saturated heterocycles. The van der Waals surface area contributed by atoms with Gasteiger partial charge in [0.05, 0.1) is 21.3 Å². The van der Waals surface area contributed by atoms with E-state index in [0.29, 0.717) is 30.0 Å². The van der Waals surface area contributed by atoms with Crippen LogP contribution in [-0.2, 0) is 6.42 Å². The Labute approximate surface area is 230 Å². The molecule has 1 aromatic heterocycles. The summed E-state index contributed by atoms with van der Waals surface area (Å²) in [4.78, 5) is 19.3. The summed E-state index contributed by atoms with van der Waals surface area (Å²) in [5, 5.41) is 11.9. The van der Waals surface area contributed by atoms with Crippen molar-refractivity contribution in [1.29, 1.82) is 0 Å². The van der Waals surface area contributed by atoms with Gasteiger partial charge in [-0.05, 0) is 59.9 Å². The lowest BCUT2D eigenvalue weighted by Gasteiger charge is -2.31. The zero-order valence-electron chi connectivity index (χ0n) is 18.4. The molecular formula is C27H16Cl4N2O2S. The van der Waals surface area contributed by atoms with Crippen LogP contribution in [0, 0.1) is 0 Å². The number of rotatable bonds is 2. The summed E-state index contributed by atoms with van der Waals surface area (Å²) in [7, 11) is 0. The van der Waals surface area contributed by atoms with E-state index in [2.05, 4.69) is 12.1 Å². The van der Waals surface area contributed by atoms with Gasteiger partial charge in [0.1, 0.15) is 5.75 Å². The Kier molecular flexibility index (Phi) is 6.02. The highest BCUT2D eigenvalue weighted by atomic mass is 35.5. The van der Waals surface area contributed by atoms with Crippen molar-refractivity contribution in [2.45, 2.75) is 18.9 Å². The largest absolute Gasteiger partial charge is 0.506 e. The van der Waals surface area contributed by atoms with Crippen LogP contribution in [0.15, 0.2) is 70.0 Å². The second kappa shape index (κ2) is 9.09. The van der Waals surface area contributed by atoms with Gasteiger partial charge in [-0.15, -0.1) is 0 Å². The predicted molar refractivity (Wildman–Crippen MR) is 147 cm³/mol. The van der Waals surface area contributed by atoms with Gasteiger partial charge in [-0.3, -0.25) is 9.36 Å². The summed E-state index contributed by atoms with van der Waals surface area (Å²) in [6.45, 7) is 0. The molecule has 6 rings (SSSR count). The molecule has 2 heterocycles. The molecule has 1 atom stereocenters. The van der Waals surface area contributed by atoms with E-state index in [1.807, 2.05) is 18.2 Å². The van der Waals surface area contributed by atoms with Crippen molar-refractivity contribution >= 4 is 69.5 Å². The molecule has 0 bridgehead atoms. The minimum atomic E-state index is -0.437. The molecular weight excluding hydrogens is 558 g/mol. The Morgan fingerprint density at radius 1 is 0.972 bits per heavy atom. The van der Waals surface area contributed by atoms with Gasteiger partial charge in [0, 0.05) is 26.2 Å². The average molecular weight is 574 g/mol. The van der Waals surface area contributed by atoms with Gasteiger partial charge in [0.2, 0.25) is 0 Å². The SMILES string of the molecule is O=c1c(=Cc2cc(Cl)cc(Cl)c2O)sc2n1C(c1ccc(Cl)cc1Cl)C1=C(N=2)c2ccccc2CC1. The molecule has 180 valence electrons. The fraction of sp³-hybridized carbons (Fsp3) is 0.111. The first-order chi connectivity index (χ1) is 17.3. The van der Waals surface area contributed by atoms with Crippen molar-refractivity contribution in [3.05, 3.63) is 122 Å². The predicted octanol–water partition coefficient (Wildman–Crippen LogP) is 6.64. The lowest BCUT2D eigenvalue weighted by Crippen LogP contribution is -2.38. The molecule has 0 spiro atoms. The minimum Gasteiger partial charge on any atom is -0.506 e.